The van der Waals surface area contributed by atoms with Crippen molar-refractivity contribution in [3.63, 3.8) is 0 Å². The van der Waals surface area contributed by atoms with Gasteiger partial charge in [0.15, 0.2) is 0 Å². The second-order valence-electron chi connectivity index (χ2n) is 17.6. The third-order valence-corrected chi connectivity index (χ3v) is 11.5. The number of rotatable bonds is 46. The van der Waals surface area contributed by atoms with Gasteiger partial charge < -0.3 is 20.3 Å². The molecule has 0 spiro atoms. The van der Waals surface area contributed by atoms with Crippen molar-refractivity contribution in [2.24, 2.45) is 0 Å². The molecule has 0 aliphatic carbocycles. The van der Waals surface area contributed by atoms with Crippen LogP contribution in [0.2, 0.25) is 0 Å². The molecule has 366 valence electrons. The molecular weight excluding hydrogens is 791 g/mol. The van der Waals surface area contributed by atoms with Crippen molar-refractivity contribution in [1.82, 2.24) is 5.32 Å². The lowest BCUT2D eigenvalue weighted by Crippen LogP contribution is -2.46. The maximum absolute atomic E-state index is 13.2. The van der Waals surface area contributed by atoms with Gasteiger partial charge in [-0.2, -0.15) is 0 Å². The summed E-state index contributed by atoms with van der Waals surface area (Å²) >= 11 is 0. The van der Waals surface area contributed by atoms with E-state index in [4.69, 9.17) is 4.74 Å². The van der Waals surface area contributed by atoms with Gasteiger partial charge in [-0.25, -0.2) is 0 Å². The highest BCUT2D eigenvalue weighted by molar-refractivity contribution is 5.77. The first kappa shape index (κ1) is 60.8. The normalized spacial score (nSPS) is 14.0. The fraction of sp³-hybridized carbons (Fsp3) is 0.690. The number of aliphatic hydroxyl groups excluding tert-OH is 2. The van der Waals surface area contributed by atoms with Crippen molar-refractivity contribution >= 4 is 11.9 Å². The van der Waals surface area contributed by atoms with Gasteiger partial charge in [0.2, 0.25) is 5.91 Å². The van der Waals surface area contributed by atoms with Crippen LogP contribution in [-0.2, 0) is 14.3 Å². The highest BCUT2D eigenvalue weighted by atomic mass is 16.5. The largest absolute Gasteiger partial charge is 0.462 e. The number of amides is 1. The van der Waals surface area contributed by atoms with E-state index < -0.39 is 18.2 Å². The molecule has 0 aromatic rings. The number of esters is 1. The van der Waals surface area contributed by atoms with E-state index in [1.807, 2.05) is 0 Å². The number of hydrogen-bond donors (Lipinski definition) is 3. The molecule has 0 fully saturated rings. The van der Waals surface area contributed by atoms with Crippen LogP contribution in [0.4, 0.5) is 0 Å². The zero-order valence-electron chi connectivity index (χ0n) is 41.6. The van der Waals surface area contributed by atoms with E-state index in [0.29, 0.717) is 19.3 Å². The maximum Gasteiger partial charge on any atom is 0.306 e. The van der Waals surface area contributed by atoms with Gasteiger partial charge in [-0.15, -0.1) is 0 Å². The number of aliphatic hydroxyl groups is 2. The molecule has 0 saturated carbocycles. The molecule has 64 heavy (non-hydrogen) atoms. The Morgan fingerprint density at radius 2 is 0.938 bits per heavy atom. The summed E-state index contributed by atoms with van der Waals surface area (Å²) in [5.74, 6) is -0.560. The first-order chi connectivity index (χ1) is 31.5. The lowest BCUT2D eigenvalue weighted by Gasteiger charge is -2.24. The summed E-state index contributed by atoms with van der Waals surface area (Å²) in [5, 5.41) is 23.8. The number of carbonyl (C=O) groups is 2. The van der Waals surface area contributed by atoms with Gasteiger partial charge in [0.1, 0.15) is 6.10 Å². The molecule has 0 radical (unpaired) electrons. The third kappa shape index (κ3) is 45.4. The molecule has 0 saturated heterocycles. The van der Waals surface area contributed by atoms with Crippen LogP contribution >= 0.6 is 0 Å². The van der Waals surface area contributed by atoms with E-state index >= 15 is 0 Å². The minimum atomic E-state index is -0.812. The molecule has 0 aromatic heterocycles. The zero-order chi connectivity index (χ0) is 46.7. The van der Waals surface area contributed by atoms with Crippen molar-refractivity contribution < 1.29 is 24.5 Å². The lowest BCUT2D eigenvalue weighted by molar-refractivity contribution is -0.151. The highest BCUT2D eigenvalue weighted by Crippen LogP contribution is 2.17. The Bertz CT molecular complexity index is 1270. The molecule has 0 aliphatic rings. The third-order valence-electron chi connectivity index (χ3n) is 11.5. The van der Waals surface area contributed by atoms with Crippen LogP contribution in [0, 0.1) is 0 Å². The summed E-state index contributed by atoms with van der Waals surface area (Å²) in [5.41, 5.74) is 0. The van der Waals surface area contributed by atoms with Gasteiger partial charge in [0.25, 0.3) is 0 Å². The number of carbonyl (C=O) groups excluding carboxylic acids is 2. The molecule has 0 bridgehead atoms. The Kier molecular flexibility index (Phi) is 48.2. The molecule has 0 aliphatic heterocycles. The van der Waals surface area contributed by atoms with Crippen LogP contribution in [0.15, 0.2) is 97.2 Å². The van der Waals surface area contributed by atoms with Gasteiger partial charge >= 0.3 is 5.97 Å². The molecule has 0 aromatic carbocycles. The summed E-state index contributed by atoms with van der Waals surface area (Å²) in [7, 11) is 0. The van der Waals surface area contributed by atoms with Gasteiger partial charge in [-0.3, -0.25) is 9.59 Å². The van der Waals surface area contributed by atoms with Crippen molar-refractivity contribution in [2.45, 2.75) is 251 Å². The summed E-state index contributed by atoms with van der Waals surface area (Å²) in [6.45, 7) is 6.22. The lowest BCUT2D eigenvalue weighted by atomic mass is 10.0. The van der Waals surface area contributed by atoms with Crippen LogP contribution in [0.3, 0.4) is 0 Å². The average molecular weight is 890 g/mol. The molecule has 3 unspecified atom stereocenters. The Labute approximate surface area is 395 Å². The predicted molar refractivity (Wildman–Crippen MR) is 277 cm³/mol. The minimum Gasteiger partial charge on any atom is -0.462 e. The van der Waals surface area contributed by atoms with E-state index in [1.54, 1.807) is 0 Å². The van der Waals surface area contributed by atoms with E-state index in [1.165, 1.54) is 77.0 Å². The number of ether oxygens (including phenoxy) is 1. The van der Waals surface area contributed by atoms with Gasteiger partial charge in [-0.05, 0) is 83.5 Å². The van der Waals surface area contributed by atoms with Crippen LogP contribution in [-0.4, -0.2) is 46.9 Å². The minimum absolute atomic E-state index is 0.0250. The molecule has 3 N–H and O–H groups in total. The fourth-order valence-electron chi connectivity index (χ4n) is 7.52. The van der Waals surface area contributed by atoms with E-state index in [2.05, 4.69) is 123 Å². The first-order valence-electron chi connectivity index (χ1n) is 26.5. The Morgan fingerprint density at radius 3 is 1.47 bits per heavy atom. The number of nitrogens with one attached hydrogen (secondary N) is 1. The Morgan fingerprint density at radius 1 is 0.484 bits per heavy atom. The summed E-state index contributed by atoms with van der Waals surface area (Å²) in [6.07, 6.45) is 67.5. The van der Waals surface area contributed by atoms with Crippen molar-refractivity contribution in [2.75, 3.05) is 6.61 Å². The predicted octanol–water partition coefficient (Wildman–Crippen LogP) is 16.1. The molecule has 3 atom stereocenters. The monoisotopic (exact) mass is 890 g/mol. The molecule has 0 rings (SSSR count). The van der Waals surface area contributed by atoms with Crippen molar-refractivity contribution in [1.29, 1.82) is 0 Å². The quantitative estimate of drug-likeness (QED) is 0.0245. The van der Waals surface area contributed by atoms with Gasteiger partial charge in [0, 0.05) is 6.42 Å². The molecule has 6 nitrogen and oxygen atoms in total. The summed E-state index contributed by atoms with van der Waals surface area (Å²) < 4.78 is 5.90. The van der Waals surface area contributed by atoms with Crippen molar-refractivity contribution in [3.05, 3.63) is 97.2 Å². The Balaban J connectivity index is 4.71. The fourth-order valence-corrected chi connectivity index (χ4v) is 7.52. The molecule has 1 amide bonds. The topological polar surface area (TPSA) is 95.9 Å². The summed E-state index contributed by atoms with van der Waals surface area (Å²) in [6, 6.07) is -0.730. The van der Waals surface area contributed by atoms with Crippen LogP contribution in [0.5, 0.6) is 0 Å². The number of allylic oxidation sites excluding steroid dienone is 16. The van der Waals surface area contributed by atoms with Crippen LogP contribution < -0.4 is 5.32 Å². The second-order valence-corrected chi connectivity index (χ2v) is 17.6. The van der Waals surface area contributed by atoms with E-state index in [9.17, 15) is 19.8 Å². The highest BCUT2D eigenvalue weighted by Gasteiger charge is 2.24. The van der Waals surface area contributed by atoms with Crippen molar-refractivity contribution in [3.8, 4) is 0 Å². The molecule has 6 heteroatoms. The SMILES string of the molecule is CC/C=C\C/C=C\C/C=C\C/C=C\C/C=C\CCCC(CC(=O)NC(CO)C(O)CCCCCCCCCCCCCCCCC)OC(=O)CCCCCCC\C=C/C=C/C=C/CC. The number of unbranched alkanes of at least 4 members (excludes halogenated alkanes) is 20. The van der Waals surface area contributed by atoms with E-state index in [0.717, 1.165) is 109 Å². The standard InChI is InChI=1S/C58H99NO5/c1-4-7-10-13-16-19-22-25-27-28-30-32-34-37-40-43-46-49-54(64-58(63)51-48-45-42-39-36-31-24-21-18-15-12-9-6-3)52-57(62)59-55(53-60)56(61)50-47-44-41-38-35-33-29-26-23-20-17-14-11-8-5-2/h7,9-10,12,15-16,18-19,21,24-25,27,30,32,37,40,54-56,60-61H,4-6,8,11,13-14,17,20,22-23,26,28-29,31,33-36,38-39,41-53H2,1-3H3,(H,59,62)/b10-7-,12-9+,18-15+,19-16-,24-21-,27-25-,32-30-,40-37-. The maximum atomic E-state index is 13.2. The van der Waals surface area contributed by atoms with Crippen LogP contribution in [0.1, 0.15) is 233 Å². The van der Waals surface area contributed by atoms with Gasteiger partial charge in [0.05, 0.1) is 25.2 Å². The zero-order valence-corrected chi connectivity index (χ0v) is 41.6. The average Bonchev–Trinajstić information content (AvgIpc) is 3.29. The smallest absolute Gasteiger partial charge is 0.306 e. The second kappa shape index (κ2) is 50.8. The summed E-state index contributed by atoms with van der Waals surface area (Å²) in [4.78, 5) is 26.2. The van der Waals surface area contributed by atoms with E-state index in [-0.39, 0.29) is 24.9 Å². The Hall–Kier alpha value is -3.22. The number of hydrogen-bond acceptors (Lipinski definition) is 5. The van der Waals surface area contributed by atoms with Crippen LogP contribution in [0.25, 0.3) is 0 Å². The first-order valence-corrected chi connectivity index (χ1v) is 26.5. The molecular formula is C58H99NO5. The molecule has 0 heterocycles. The van der Waals surface area contributed by atoms with Gasteiger partial charge in [-0.1, -0.05) is 234 Å².